The zero-order valence-electron chi connectivity index (χ0n) is 30.3. The molecule has 1 aromatic heterocycles. The third-order valence-corrected chi connectivity index (χ3v) is 12.3. The fourth-order valence-corrected chi connectivity index (χ4v) is 9.76. The fourth-order valence-electron chi connectivity index (χ4n) is 9.76. The Kier molecular flexibility index (Phi) is 6.94. The van der Waals surface area contributed by atoms with Crippen molar-refractivity contribution >= 4 is 65.0 Å². The molecule has 9 aromatic carbocycles. The van der Waals surface area contributed by atoms with E-state index in [1.165, 1.54) is 87.6 Å². The lowest BCUT2D eigenvalue weighted by Crippen LogP contribution is -2.20. The number of rotatable bonds is 5. The summed E-state index contributed by atoms with van der Waals surface area (Å²) in [5.41, 5.74) is 12.1. The van der Waals surface area contributed by atoms with E-state index in [2.05, 4.69) is 177 Å². The van der Waals surface area contributed by atoms with E-state index in [1.807, 2.05) is 0 Å². The van der Waals surface area contributed by atoms with Gasteiger partial charge in [-0.15, -0.1) is 0 Å². The summed E-state index contributed by atoms with van der Waals surface area (Å²) < 4.78 is 6.70. The molecule has 1 saturated carbocycles. The van der Waals surface area contributed by atoms with E-state index >= 15 is 0 Å². The first kappa shape index (κ1) is 31.1. The summed E-state index contributed by atoms with van der Waals surface area (Å²) in [5.74, 6) is 1.06. The molecule has 0 amide bonds. The van der Waals surface area contributed by atoms with Gasteiger partial charge >= 0.3 is 0 Å². The van der Waals surface area contributed by atoms with Crippen LogP contribution in [0.5, 0.6) is 0 Å². The van der Waals surface area contributed by atoms with Gasteiger partial charge in [-0.3, -0.25) is 0 Å². The van der Waals surface area contributed by atoms with E-state index in [0.717, 1.165) is 34.8 Å². The Morgan fingerprint density at radius 2 is 0.963 bits per heavy atom. The molecule has 0 spiro atoms. The van der Waals surface area contributed by atoms with Crippen LogP contribution in [0.15, 0.2) is 180 Å². The van der Waals surface area contributed by atoms with Crippen LogP contribution in [0.3, 0.4) is 0 Å². The second-order valence-corrected chi connectivity index (χ2v) is 15.3. The van der Waals surface area contributed by atoms with Crippen LogP contribution >= 0.6 is 0 Å². The number of benzene rings is 9. The van der Waals surface area contributed by atoms with E-state index in [-0.39, 0.29) is 0 Å². The van der Waals surface area contributed by atoms with Gasteiger partial charge in [-0.05, 0) is 125 Å². The molecule has 1 nitrogen and oxygen atoms in total. The highest BCUT2D eigenvalue weighted by molar-refractivity contribution is 6.25. The van der Waals surface area contributed by atoms with Crippen molar-refractivity contribution in [1.29, 1.82) is 0 Å². The second kappa shape index (κ2) is 12.0. The number of furan rings is 1. The smallest absolute Gasteiger partial charge is 0.136 e. The first-order valence-corrected chi connectivity index (χ1v) is 19.2. The van der Waals surface area contributed by atoms with Crippen LogP contribution in [0.2, 0.25) is 0 Å². The highest BCUT2D eigenvalue weighted by Gasteiger charge is 2.31. The Labute approximate surface area is 314 Å². The van der Waals surface area contributed by atoms with Gasteiger partial charge in [0.05, 0.1) is 0 Å². The molecule has 10 aromatic rings. The Balaban J connectivity index is 1.20. The van der Waals surface area contributed by atoms with Gasteiger partial charge < -0.3 is 4.42 Å². The molecule has 1 atom stereocenters. The molecule has 1 unspecified atom stereocenters. The van der Waals surface area contributed by atoms with Gasteiger partial charge in [-0.2, -0.15) is 0 Å². The van der Waals surface area contributed by atoms with Gasteiger partial charge in [0.15, 0.2) is 0 Å². The average Bonchev–Trinajstić information content (AvgIpc) is 3.59. The van der Waals surface area contributed by atoms with Crippen molar-refractivity contribution in [3.63, 3.8) is 0 Å². The molecule has 0 radical (unpaired) electrons. The maximum absolute atomic E-state index is 6.70. The molecule has 0 saturated heterocycles. The second-order valence-electron chi connectivity index (χ2n) is 15.3. The van der Waals surface area contributed by atoms with Gasteiger partial charge in [0.1, 0.15) is 11.2 Å². The molecule has 1 heterocycles. The Morgan fingerprint density at radius 3 is 1.52 bits per heavy atom. The zero-order valence-corrected chi connectivity index (χ0v) is 30.3. The lowest BCUT2D eigenvalue weighted by molar-refractivity contribution is 0.361. The minimum Gasteiger partial charge on any atom is -0.456 e. The third kappa shape index (κ3) is 4.58. The van der Waals surface area contributed by atoms with E-state index in [9.17, 15) is 0 Å². The number of hydrogen-bond acceptors (Lipinski definition) is 1. The Morgan fingerprint density at radius 1 is 0.463 bits per heavy atom. The molecule has 1 aliphatic carbocycles. The first-order chi connectivity index (χ1) is 26.6. The lowest BCUT2D eigenvalue weighted by atomic mass is 9.69. The molecule has 0 bridgehead atoms. The van der Waals surface area contributed by atoms with E-state index < -0.39 is 0 Å². The van der Waals surface area contributed by atoms with Crippen LogP contribution in [0, 0.1) is 5.92 Å². The molecule has 11 rings (SSSR count). The summed E-state index contributed by atoms with van der Waals surface area (Å²) in [5, 5.41) is 12.6. The highest BCUT2D eigenvalue weighted by Crippen LogP contribution is 2.51. The monoisotopic (exact) mass is 690 g/mol. The summed E-state index contributed by atoms with van der Waals surface area (Å²) >= 11 is 0. The number of fused-ring (bicyclic) bond motifs is 7. The van der Waals surface area contributed by atoms with Crippen LogP contribution < -0.4 is 0 Å². The standard InChI is InChI=1S/C53H38O/c1-32-29-36(30-32)33(2)49-37-17-6-12-23-43(37)52(44-24-13-7-18-38(44)49)45-25-14-26-48-53(45)46-31-35(27-28-47(46)54-48)51-41-21-10-8-19-39(41)50(34-15-4-3-5-16-34)40-20-9-11-22-42(40)51/h3-28,31,33,36H,1,29-30H2,2H3. The third-order valence-electron chi connectivity index (χ3n) is 12.3. The van der Waals surface area contributed by atoms with E-state index in [0.29, 0.717) is 11.8 Å². The normalized spacial score (nSPS) is 14.1. The minimum absolute atomic E-state index is 0.436. The Bertz CT molecular complexity index is 3020. The van der Waals surface area contributed by atoms with Gasteiger partial charge in [0, 0.05) is 10.8 Å². The molecule has 0 aliphatic heterocycles. The SMILES string of the molecule is C=C1CC(C(C)c2c3ccccc3c(-c3cccc4oc5ccc(-c6c7ccccc7c(-c7ccccc7)c7ccccc67)cc5c34)c3ccccc23)C1. The van der Waals surface area contributed by atoms with Crippen molar-refractivity contribution in [1.82, 2.24) is 0 Å². The van der Waals surface area contributed by atoms with E-state index in [4.69, 9.17) is 4.42 Å². The fraction of sp³-hybridized carbons (Fsp3) is 0.0943. The summed E-state index contributed by atoms with van der Waals surface area (Å²) in [4.78, 5) is 0. The minimum atomic E-state index is 0.436. The molecule has 1 fully saturated rings. The van der Waals surface area contributed by atoms with Crippen LogP contribution in [0.1, 0.15) is 31.2 Å². The van der Waals surface area contributed by atoms with Crippen molar-refractivity contribution in [2.24, 2.45) is 5.92 Å². The first-order valence-electron chi connectivity index (χ1n) is 19.2. The summed E-state index contributed by atoms with van der Waals surface area (Å²) in [6.45, 7) is 6.70. The Hall–Kier alpha value is -6.44. The molecule has 54 heavy (non-hydrogen) atoms. The topological polar surface area (TPSA) is 13.1 Å². The maximum atomic E-state index is 6.70. The van der Waals surface area contributed by atoms with Crippen molar-refractivity contribution in [3.05, 3.63) is 182 Å². The van der Waals surface area contributed by atoms with Crippen molar-refractivity contribution in [3.8, 4) is 33.4 Å². The number of allylic oxidation sites excluding steroid dienone is 1. The molecule has 256 valence electrons. The van der Waals surface area contributed by atoms with Gasteiger partial charge in [-0.25, -0.2) is 0 Å². The molecular weight excluding hydrogens is 653 g/mol. The van der Waals surface area contributed by atoms with Crippen molar-refractivity contribution in [2.45, 2.75) is 25.7 Å². The van der Waals surface area contributed by atoms with Crippen molar-refractivity contribution in [2.75, 3.05) is 0 Å². The zero-order chi connectivity index (χ0) is 35.9. The predicted octanol–water partition coefficient (Wildman–Crippen LogP) is 15.3. The van der Waals surface area contributed by atoms with Crippen LogP contribution in [-0.4, -0.2) is 0 Å². The van der Waals surface area contributed by atoms with Crippen LogP contribution in [0.25, 0.3) is 98.4 Å². The van der Waals surface area contributed by atoms with E-state index in [1.54, 1.807) is 0 Å². The van der Waals surface area contributed by atoms with Gasteiger partial charge in [-0.1, -0.05) is 165 Å². The molecule has 0 N–H and O–H groups in total. The maximum Gasteiger partial charge on any atom is 0.136 e. The highest BCUT2D eigenvalue weighted by atomic mass is 16.3. The van der Waals surface area contributed by atoms with Crippen LogP contribution in [-0.2, 0) is 0 Å². The van der Waals surface area contributed by atoms with Gasteiger partial charge in [0.2, 0.25) is 0 Å². The number of hydrogen-bond donors (Lipinski definition) is 0. The predicted molar refractivity (Wildman–Crippen MR) is 230 cm³/mol. The molecule has 1 heteroatoms. The summed E-state index contributed by atoms with van der Waals surface area (Å²) in [6, 6.07) is 60.1. The van der Waals surface area contributed by atoms with Crippen molar-refractivity contribution < 1.29 is 4.42 Å². The largest absolute Gasteiger partial charge is 0.456 e. The lowest BCUT2D eigenvalue weighted by Gasteiger charge is -2.35. The molecule has 1 aliphatic rings. The average molecular weight is 691 g/mol. The summed E-state index contributed by atoms with van der Waals surface area (Å²) in [6.07, 6.45) is 2.24. The molecular formula is C53H38O. The quantitative estimate of drug-likeness (QED) is 0.129. The van der Waals surface area contributed by atoms with Crippen LogP contribution in [0.4, 0.5) is 0 Å². The summed E-state index contributed by atoms with van der Waals surface area (Å²) in [7, 11) is 0. The van der Waals surface area contributed by atoms with Gasteiger partial charge in [0.25, 0.3) is 0 Å².